The first-order valence-electron chi connectivity index (χ1n) is 11.8. The van der Waals surface area contributed by atoms with Gasteiger partial charge in [-0.05, 0) is 62.7 Å². The van der Waals surface area contributed by atoms with E-state index in [0.717, 1.165) is 11.1 Å². The molecule has 0 fully saturated rings. The monoisotopic (exact) mass is 504 g/mol. The van der Waals surface area contributed by atoms with Crippen LogP contribution in [0, 0.1) is 12.7 Å². The minimum atomic E-state index is -1.06. The van der Waals surface area contributed by atoms with Crippen molar-refractivity contribution in [2.45, 2.75) is 52.4 Å². The molecule has 4 rings (SSSR count). The molecule has 0 unspecified atom stereocenters. The van der Waals surface area contributed by atoms with Gasteiger partial charge in [-0.15, -0.1) is 10.2 Å². The Bertz CT molecular complexity index is 1340. The molecule has 2 heterocycles. The zero-order valence-electron chi connectivity index (χ0n) is 21.2. The SMILES string of the molecule is Cc1ccc(-c2nnn(CC(=O)N(Cc3ccco3)[C@@H](C(=O)NC(C)(C)C)c3ccc(F)cc3)n2)cc1. The summed E-state index contributed by atoms with van der Waals surface area (Å²) < 4.78 is 19.2. The minimum Gasteiger partial charge on any atom is -0.467 e. The molecule has 1 atom stereocenters. The van der Waals surface area contributed by atoms with Crippen molar-refractivity contribution < 1.29 is 18.4 Å². The summed E-state index contributed by atoms with van der Waals surface area (Å²) in [5.41, 5.74) is 1.76. The Hall–Kier alpha value is -4.34. The molecule has 0 aliphatic carbocycles. The quantitative estimate of drug-likeness (QED) is 0.388. The number of benzene rings is 2. The van der Waals surface area contributed by atoms with E-state index in [1.807, 2.05) is 52.0 Å². The molecule has 4 aromatic rings. The van der Waals surface area contributed by atoms with Crippen molar-refractivity contribution in [3.63, 3.8) is 0 Å². The molecule has 0 aliphatic rings. The molecule has 2 aromatic carbocycles. The Morgan fingerprint density at radius 3 is 2.41 bits per heavy atom. The van der Waals surface area contributed by atoms with Crippen LogP contribution in [0.5, 0.6) is 0 Å². The largest absolute Gasteiger partial charge is 0.467 e. The van der Waals surface area contributed by atoms with Crippen molar-refractivity contribution in [3.05, 3.63) is 89.6 Å². The fourth-order valence-corrected chi connectivity index (χ4v) is 3.79. The number of tetrazole rings is 1. The third-order valence-electron chi connectivity index (χ3n) is 5.51. The summed E-state index contributed by atoms with van der Waals surface area (Å²) in [6, 6.07) is 15.5. The molecule has 0 saturated carbocycles. The van der Waals surface area contributed by atoms with Crippen molar-refractivity contribution in [3.8, 4) is 11.4 Å². The minimum absolute atomic E-state index is 0.00492. The third-order valence-corrected chi connectivity index (χ3v) is 5.51. The Labute approximate surface area is 214 Å². The maximum Gasteiger partial charge on any atom is 0.247 e. The number of halogens is 1. The van der Waals surface area contributed by atoms with Crippen LogP contribution in [0.3, 0.4) is 0 Å². The summed E-state index contributed by atoms with van der Waals surface area (Å²) in [6.45, 7) is 7.25. The highest BCUT2D eigenvalue weighted by molar-refractivity contribution is 5.89. The van der Waals surface area contributed by atoms with Gasteiger partial charge in [0, 0.05) is 11.1 Å². The zero-order chi connectivity index (χ0) is 26.6. The Kier molecular flexibility index (Phi) is 7.47. The maximum absolute atomic E-state index is 13.7. The van der Waals surface area contributed by atoms with E-state index < -0.39 is 29.2 Å². The molecule has 0 bridgehead atoms. The second-order valence-electron chi connectivity index (χ2n) is 9.80. The number of carbonyl (C=O) groups excluding carboxylic acids is 2. The first-order chi connectivity index (χ1) is 17.6. The molecule has 37 heavy (non-hydrogen) atoms. The number of nitrogens with one attached hydrogen (secondary N) is 1. The Morgan fingerprint density at radius 1 is 1.08 bits per heavy atom. The summed E-state index contributed by atoms with van der Waals surface area (Å²) in [5, 5.41) is 15.4. The van der Waals surface area contributed by atoms with Crippen LogP contribution in [0.25, 0.3) is 11.4 Å². The van der Waals surface area contributed by atoms with Gasteiger partial charge in [0.25, 0.3) is 0 Å². The molecule has 0 aliphatic heterocycles. The van der Waals surface area contributed by atoms with Gasteiger partial charge in [0.05, 0.1) is 12.8 Å². The van der Waals surface area contributed by atoms with Crippen molar-refractivity contribution in [2.75, 3.05) is 0 Å². The topological polar surface area (TPSA) is 106 Å². The lowest BCUT2D eigenvalue weighted by Crippen LogP contribution is -2.49. The van der Waals surface area contributed by atoms with Gasteiger partial charge in [0.15, 0.2) is 0 Å². The lowest BCUT2D eigenvalue weighted by Gasteiger charge is -2.33. The van der Waals surface area contributed by atoms with Crippen LogP contribution in [-0.4, -0.2) is 42.5 Å². The van der Waals surface area contributed by atoms with Crippen LogP contribution >= 0.6 is 0 Å². The predicted octanol–water partition coefficient (Wildman–Crippen LogP) is 4.07. The normalized spacial score (nSPS) is 12.2. The summed E-state index contributed by atoms with van der Waals surface area (Å²) in [4.78, 5) is 29.8. The summed E-state index contributed by atoms with van der Waals surface area (Å²) in [5.74, 6) is -0.437. The summed E-state index contributed by atoms with van der Waals surface area (Å²) in [6.07, 6.45) is 1.49. The standard InChI is InChI=1S/C27H29FN6O3/c1-18-7-9-20(10-8-18)25-30-32-34(31-25)17-23(35)33(16-22-6-5-15-37-22)24(26(36)29-27(2,3)4)19-11-13-21(28)14-12-19/h5-15,24H,16-17H2,1-4H3,(H,29,36)/t24-/m1/s1. The van der Waals surface area contributed by atoms with E-state index in [-0.39, 0.29) is 13.1 Å². The Morgan fingerprint density at radius 2 is 1.78 bits per heavy atom. The highest BCUT2D eigenvalue weighted by atomic mass is 19.1. The van der Waals surface area contributed by atoms with E-state index in [2.05, 4.69) is 20.7 Å². The first kappa shape index (κ1) is 25.7. The number of furan rings is 1. The van der Waals surface area contributed by atoms with E-state index in [9.17, 15) is 14.0 Å². The van der Waals surface area contributed by atoms with Crippen LogP contribution in [0.2, 0.25) is 0 Å². The highest BCUT2D eigenvalue weighted by Crippen LogP contribution is 2.26. The molecular formula is C27H29FN6O3. The van der Waals surface area contributed by atoms with E-state index in [1.165, 1.54) is 40.2 Å². The number of carbonyl (C=O) groups is 2. The van der Waals surface area contributed by atoms with Crippen molar-refractivity contribution in [1.82, 2.24) is 30.4 Å². The van der Waals surface area contributed by atoms with Crippen molar-refractivity contribution in [2.24, 2.45) is 0 Å². The van der Waals surface area contributed by atoms with E-state index in [1.54, 1.807) is 12.1 Å². The van der Waals surface area contributed by atoms with Gasteiger partial charge >= 0.3 is 0 Å². The van der Waals surface area contributed by atoms with Gasteiger partial charge in [0.2, 0.25) is 17.6 Å². The second kappa shape index (κ2) is 10.7. The maximum atomic E-state index is 13.7. The number of rotatable bonds is 8. The van der Waals surface area contributed by atoms with Crippen molar-refractivity contribution >= 4 is 11.8 Å². The summed E-state index contributed by atoms with van der Waals surface area (Å²) in [7, 11) is 0. The molecule has 9 nitrogen and oxygen atoms in total. The van der Waals surface area contributed by atoms with Gasteiger partial charge in [0.1, 0.15) is 24.2 Å². The van der Waals surface area contributed by atoms with E-state index in [0.29, 0.717) is 17.1 Å². The fraction of sp³-hybridized carbons (Fsp3) is 0.296. The molecular weight excluding hydrogens is 475 g/mol. The number of hydrogen-bond donors (Lipinski definition) is 1. The number of aryl methyl sites for hydroxylation is 1. The fourth-order valence-electron chi connectivity index (χ4n) is 3.79. The molecule has 0 radical (unpaired) electrons. The number of amides is 2. The predicted molar refractivity (Wildman–Crippen MR) is 134 cm³/mol. The van der Waals surface area contributed by atoms with Gasteiger partial charge in [-0.1, -0.05) is 42.0 Å². The van der Waals surface area contributed by atoms with Gasteiger partial charge in [-0.25, -0.2) is 4.39 Å². The number of nitrogens with zero attached hydrogens (tertiary/aromatic N) is 5. The van der Waals surface area contributed by atoms with Crippen LogP contribution in [0.15, 0.2) is 71.3 Å². The summed E-state index contributed by atoms with van der Waals surface area (Å²) >= 11 is 0. The molecule has 2 amide bonds. The molecule has 1 N–H and O–H groups in total. The number of aromatic nitrogens is 4. The molecule has 0 saturated heterocycles. The molecule has 10 heteroatoms. The average molecular weight is 505 g/mol. The average Bonchev–Trinajstić information content (AvgIpc) is 3.51. The van der Waals surface area contributed by atoms with Gasteiger partial charge < -0.3 is 14.6 Å². The lowest BCUT2D eigenvalue weighted by atomic mass is 10.0. The number of hydrogen-bond acceptors (Lipinski definition) is 6. The lowest BCUT2D eigenvalue weighted by molar-refractivity contribution is -0.143. The molecule has 2 aromatic heterocycles. The zero-order valence-corrected chi connectivity index (χ0v) is 21.2. The highest BCUT2D eigenvalue weighted by Gasteiger charge is 2.34. The smallest absolute Gasteiger partial charge is 0.247 e. The van der Waals surface area contributed by atoms with Crippen LogP contribution in [-0.2, 0) is 22.7 Å². The van der Waals surface area contributed by atoms with Crippen LogP contribution in [0.4, 0.5) is 4.39 Å². The second-order valence-corrected chi connectivity index (χ2v) is 9.80. The molecule has 0 spiro atoms. The van der Waals surface area contributed by atoms with E-state index in [4.69, 9.17) is 4.42 Å². The molecule has 192 valence electrons. The van der Waals surface area contributed by atoms with Gasteiger partial charge in [-0.2, -0.15) is 4.80 Å². The first-order valence-corrected chi connectivity index (χ1v) is 11.8. The van der Waals surface area contributed by atoms with Crippen molar-refractivity contribution in [1.29, 1.82) is 0 Å². The van der Waals surface area contributed by atoms with Crippen LogP contribution in [0.1, 0.15) is 43.7 Å². The van der Waals surface area contributed by atoms with E-state index >= 15 is 0 Å². The van der Waals surface area contributed by atoms with Crippen LogP contribution < -0.4 is 5.32 Å². The van der Waals surface area contributed by atoms with Gasteiger partial charge in [-0.3, -0.25) is 9.59 Å². The Balaban J connectivity index is 1.66. The third kappa shape index (κ3) is 6.66.